The van der Waals surface area contributed by atoms with Crippen LogP contribution >= 0.6 is 0 Å². The summed E-state index contributed by atoms with van der Waals surface area (Å²) >= 11 is 0. The van der Waals surface area contributed by atoms with E-state index in [0.717, 1.165) is 25.7 Å². The van der Waals surface area contributed by atoms with Crippen molar-refractivity contribution in [3.8, 4) is 0 Å². The first-order valence-electron chi connectivity index (χ1n) is 5.40. The number of aliphatic carboxylic acids is 2. The van der Waals surface area contributed by atoms with Gasteiger partial charge in [0.05, 0.1) is 5.92 Å². The van der Waals surface area contributed by atoms with Crippen LogP contribution in [-0.4, -0.2) is 22.2 Å². The quantitative estimate of drug-likeness (QED) is 0.718. The maximum atomic E-state index is 10.1. The van der Waals surface area contributed by atoms with E-state index >= 15 is 0 Å². The Morgan fingerprint density at radius 1 is 1.13 bits per heavy atom. The standard InChI is InChI=1S/C6H12O2.C5H10O2/c1-3-4-5(2)6(7)8;1-2-3-4-5(6)7/h5H,3-4H2,1-2H3,(H,7,8);2-4H2,1H3,(H,6,7). The molecule has 0 saturated carbocycles. The van der Waals surface area contributed by atoms with Crippen LogP contribution in [0.25, 0.3) is 0 Å². The van der Waals surface area contributed by atoms with Crippen molar-refractivity contribution >= 4 is 11.9 Å². The number of rotatable bonds is 6. The maximum absolute atomic E-state index is 10.1. The van der Waals surface area contributed by atoms with E-state index < -0.39 is 11.9 Å². The van der Waals surface area contributed by atoms with Crippen molar-refractivity contribution in [1.82, 2.24) is 0 Å². The van der Waals surface area contributed by atoms with Crippen LogP contribution in [0.15, 0.2) is 0 Å². The Kier molecular flexibility index (Phi) is 12.0. The van der Waals surface area contributed by atoms with Crippen LogP contribution in [0.3, 0.4) is 0 Å². The number of carboxylic acid groups (broad SMARTS) is 2. The van der Waals surface area contributed by atoms with Crippen LogP contribution in [0.4, 0.5) is 0 Å². The van der Waals surface area contributed by atoms with E-state index in [1.807, 2.05) is 13.8 Å². The van der Waals surface area contributed by atoms with Gasteiger partial charge in [0.1, 0.15) is 0 Å². The molecule has 15 heavy (non-hydrogen) atoms. The Morgan fingerprint density at radius 3 is 1.80 bits per heavy atom. The van der Waals surface area contributed by atoms with Gasteiger partial charge >= 0.3 is 11.9 Å². The van der Waals surface area contributed by atoms with Crippen LogP contribution in [-0.2, 0) is 9.59 Å². The Bertz CT molecular complexity index is 177. The summed E-state index contributed by atoms with van der Waals surface area (Å²) < 4.78 is 0. The molecule has 1 atom stereocenters. The van der Waals surface area contributed by atoms with Gasteiger partial charge in [-0.1, -0.05) is 33.6 Å². The molecular weight excluding hydrogens is 196 g/mol. The molecule has 0 aliphatic rings. The lowest BCUT2D eigenvalue weighted by molar-refractivity contribution is -0.141. The highest BCUT2D eigenvalue weighted by Gasteiger charge is 2.07. The number of hydrogen-bond acceptors (Lipinski definition) is 2. The van der Waals surface area contributed by atoms with Crippen molar-refractivity contribution in [3.63, 3.8) is 0 Å². The third kappa shape index (κ3) is 15.7. The highest BCUT2D eigenvalue weighted by molar-refractivity contribution is 5.69. The molecule has 0 aliphatic carbocycles. The molecule has 0 bridgehead atoms. The Hall–Kier alpha value is -1.06. The van der Waals surface area contributed by atoms with Crippen molar-refractivity contribution in [2.24, 2.45) is 5.92 Å². The average molecular weight is 218 g/mol. The molecule has 4 nitrogen and oxygen atoms in total. The fourth-order valence-corrected chi connectivity index (χ4v) is 0.884. The van der Waals surface area contributed by atoms with Crippen LogP contribution < -0.4 is 0 Å². The predicted octanol–water partition coefficient (Wildman–Crippen LogP) is 2.77. The second kappa shape index (κ2) is 11.0. The normalized spacial score (nSPS) is 11.1. The van der Waals surface area contributed by atoms with Crippen LogP contribution in [0.2, 0.25) is 0 Å². The van der Waals surface area contributed by atoms with Gasteiger partial charge in [-0.05, 0) is 12.8 Å². The summed E-state index contributed by atoms with van der Waals surface area (Å²) in [6, 6.07) is 0. The summed E-state index contributed by atoms with van der Waals surface area (Å²) in [4.78, 5) is 19.8. The minimum atomic E-state index is -0.693. The molecule has 0 amide bonds. The fourth-order valence-electron chi connectivity index (χ4n) is 0.884. The number of carbonyl (C=O) groups is 2. The van der Waals surface area contributed by atoms with E-state index in [9.17, 15) is 9.59 Å². The summed E-state index contributed by atoms with van der Waals surface area (Å²) in [6.45, 7) is 5.69. The van der Waals surface area contributed by atoms with E-state index in [0.29, 0.717) is 6.42 Å². The lowest BCUT2D eigenvalue weighted by atomic mass is 10.1. The van der Waals surface area contributed by atoms with E-state index in [4.69, 9.17) is 10.2 Å². The highest BCUT2D eigenvalue weighted by atomic mass is 16.4. The van der Waals surface area contributed by atoms with Gasteiger partial charge in [-0.3, -0.25) is 9.59 Å². The van der Waals surface area contributed by atoms with Crippen molar-refractivity contribution in [2.75, 3.05) is 0 Å². The minimum Gasteiger partial charge on any atom is -0.481 e. The molecular formula is C11H22O4. The molecule has 0 aromatic carbocycles. The summed E-state index contributed by atoms with van der Waals surface area (Å²) in [7, 11) is 0. The van der Waals surface area contributed by atoms with E-state index in [1.165, 1.54) is 0 Å². The Balaban J connectivity index is 0. The van der Waals surface area contributed by atoms with Gasteiger partial charge in [0.15, 0.2) is 0 Å². The summed E-state index contributed by atoms with van der Waals surface area (Å²) in [5, 5.41) is 16.4. The number of hydrogen-bond donors (Lipinski definition) is 2. The first-order valence-corrected chi connectivity index (χ1v) is 5.40. The smallest absolute Gasteiger partial charge is 0.306 e. The Morgan fingerprint density at radius 2 is 1.67 bits per heavy atom. The zero-order chi connectivity index (χ0) is 12.3. The van der Waals surface area contributed by atoms with Gasteiger partial charge in [0, 0.05) is 6.42 Å². The lowest BCUT2D eigenvalue weighted by Gasteiger charge is -2.00. The largest absolute Gasteiger partial charge is 0.481 e. The minimum absolute atomic E-state index is 0.167. The second-order valence-corrected chi connectivity index (χ2v) is 3.53. The van der Waals surface area contributed by atoms with Crippen LogP contribution in [0.1, 0.15) is 52.9 Å². The van der Waals surface area contributed by atoms with Gasteiger partial charge in [-0.25, -0.2) is 0 Å². The number of carboxylic acids is 2. The van der Waals surface area contributed by atoms with Crippen molar-refractivity contribution < 1.29 is 19.8 Å². The fraction of sp³-hybridized carbons (Fsp3) is 0.818. The zero-order valence-corrected chi connectivity index (χ0v) is 9.82. The topological polar surface area (TPSA) is 74.6 Å². The molecule has 0 heterocycles. The van der Waals surface area contributed by atoms with Gasteiger partial charge in [-0.15, -0.1) is 0 Å². The number of unbranched alkanes of at least 4 members (excludes halogenated alkanes) is 1. The third-order valence-electron chi connectivity index (χ3n) is 1.89. The molecule has 0 fully saturated rings. The Labute approximate surface area is 91.3 Å². The molecule has 1 unspecified atom stereocenters. The average Bonchev–Trinajstić information content (AvgIpc) is 2.16. The zero-order valence-electron chi connectivity index (χ0n) is 9.82. The third-order valence-corrected chi connectivity index (χ3v) is 1.89. The molecule has 90 valence electrons. The molecule has 0 saturated heterocycles. The second-order valence-electron chi connectivity index (χ2n) is 3.53. The summed E-state index contributed by atoms with van der Waals surface area (Å²) in [6.07, 6.45) is 3.82. The SMILES string of the molecule is CCCC(C)C(=O)O.CCCCC(=O)O. The molecule has 2 N–H and O–H groups in total. The van der Waals surface area contributed by atoms with E-state index in [-0.39, 0.29) is 5.92 Å². The lowest BCUT2D eigenvalue weighted by Crippen LogP contribution is -2.08. The first kappa shape index (κ1) is 16.4. The monoisotopic (exact) mass is 218 g/mol. The van der Waals surface area contributed by atoms with E-state index in [2.05, 4.69) is 0 Å². The predicted molar refractivity (Wildman–Crippen MR) is 58.9 cm³/mol. The summed E-state index contributed by atoms with van der Waals surface area (Å²) in [5.74, 6) is -1.55. The van der Waals surface area contributed by atoms with Gasteiger partial charge < -0.3 is 10.2 Å². The van der Waals surface area contributed by atoms with Crippen LogP contribution in [0, 0.1) is 5.92 Å². The molecule has 0 aliphatic heterocycles. The van der Waals surface area contributed by atoms with Gasteiger partial charge in [0.2, 0.25) is 0 Å². The van der Waals surface area contributed by atoms with Crippen LogP contribution in [0.5, 0.6) is 0 Å². The molecule has 0 radical (unpaired) electrons. The molecule has 0 rings (SSSR count). The first-order chi connectivity index (χ1) is 6.95. The maximum Gasteiger partial charge on any atom is 0.306 e. The highest BCUT2D eigenvalue weighted by Crippen LogP contribution is 2.03. The van der Waals surface area contributed by atoms with Crippen molar-refractivity contribution in [1.29, 1.82) is 0 Å². The van der Waals surface area contributed by atoms with E-state index in [1.54, 1.807) is 6.92 Å². The van der Waals surface area contributed by atoms with Crippen molar-refractivity contribution in [2.45, 2.75) is 52.9 Å². The molecule has 0 spiro atoms. The van der Waals surface area contributed by atoms with Gasteiger partial charge in [-0.2, -0.15) is 0 Å². The molecule has 4 heteroatoms. The molecule has 0 aromatic rings. The van der Waals surface area contributed by atoms with Gasteiger partial charge in [0.25, 0.3) is 0 Å². The van der Waals surface area contributed by atoms with Crippen molar-refractivity contribution in [3.05, 3.63) is 0 Å². The summed E-state index contributed by atoms with van der Waals surface area (Å²) in [5.41, 5.74) is 0. The molecule has 0 aromatic heterocycles.